The molecule has 0 unspecified atom stereocenters. The van der Waals surface area contributed by atoms with E-state index >= 15 is 0 Å². The summed E-state index contributed by atoms with van der Waals surface area (Å²) < 4.78 is 0. The monoisotopic (exact) mass is 268 g/mol. The van der Waals surface area contributed by atoms with Crippen molar-refractivity contribution in [3.05, 3.63) is 65.2 Å². The first-order chi connectivity index (χ1) is 9.54. The molecule has 0 aliphatic carbocycles. The highest BCUT2D eigenvalue weighted by atomic mass is 15.1. The Morgan fingerprint density at radius 2 is 1.35 bits per heavy atom. The Morgan fingerprint density at radius 1 is 0.750 bits per heavy atom. The summed E-state index contributed by atoms with van der Waals surface area (Å²) in [5.74, 6) is 0. The average Bonchev–Trinajstić information content (AvgIpc) is 2.38. The van der Waals surface area contributed by atoms with Gasteiger partial charge < -0.3 is 9.80 Å². The Balaban J connectivity index is 2.15. The van der Waals surface area contributed by atoms with Crippen molar-refractivity contribution in [1.82, 2.24) is 4.90 Å². The predicted molar refractivity (Wildman–Crippen MR) is 87.4 cm³/mol. The summed E-state index contributed by atoms with van der Waals surface area (Å²) in [6.45, 7) is 0.992. The second-order valence-electron chi connectivity index (χ2n) is 5.80. The van der Waals surface area contributed by atoms with E-state index in [-0.39, 0.29) is 0 Å². The van der Waals surface area contributed by atoms with Gasteiger partial charge >= 0.3 is 0 Å². The van der Waals surface area contributed by atoms with Crippen molar-refractivity contribution in [1.29, 1.82) is 0 Å². The summed E-state index contributed by atoms with van der Waals surface area (Å²) in [4.78, 5) is 4.34. The van der Waals surface area contributed by atoms with Gasteiger partial charge in [0.2, 0.25) is 0 Å². The molecule has 0 bridgehead atoms. The first kappa shape index (κ1) is 14.6. The highest BCUT2D eigenvalue weighted by Crippen LogP contribution is 2.17. The number of hydrogen-bond donors (Lipinski definition) is 0. The molecule has 2 heteroatoms. The molecule has 0 aliphatic heterocycles. The zero-order chi connectivity index (χ0) is 14.5. The zero-order valence-electron chi connectivity index (χ0n) is 12.9. The molecule has 2 aromatic carbocycles. The third-order valence-electron chi connectivity index (χ3n) is 3.33. The van der Waals surface area contributed by atoms with Crippen LogP contribution in [0.1, 0.15) is 16.7 Å². The van der Waals surface area contributed by atoms with Gasteiger partial charge in [-0.1, -0.05) is 36.4 Å². The number of nitrogens with zero attached hydrogens (tertiary/aromatic N) is 2. The number of rotatable bonds is 5. The maximum absolute atomic E-state index is 2.31. The molecule has 2 nitrogen and oxygen atoms in total. The molecule has 0 radical (unpaired) electrons. The second kappa shape index (κ2) is 6.58. The van der Waals surface area contributed by atoms with Crippen molar-refractivity contribution in [2.75, 3.05) is 33.1 Å². The van der Waals surface area contributed by atoms with Crippen molar-refractivity contribution in [2.45, 2.75) is 13.0 Å². The second-order valence-corrected chi connectivity index (χ2v) is 5.80. The molecule has 0 N–H and O–H groups in total. The van der Waals surface area contributed by atoms with Crippen LogP contribution in [-0.4, -0.2) is 33.1 Å². The quantitative estimate of drug-likeness (QED) is 0.820. The van der Waals surface area contributed by atoms with Crippen LogP contribution in [0.2, 0.25) is 0 Å². The van der Waals surface area contributed by atoms with Crippen LogP contribution >= 0.6 is 0 Å². The molecule has 0 amide bonds. The number of hydrogen-bond acceptors (Lipinski definition) is 2. The normalized spacial score (nSPS) is 10.8. The van der Waals surface area contributed by atoms with E-state index in [0.717, 1.165) is 13.0 Å². The zero-order valence-corrected chi connectivity index (χ0v) is 12.9. The topological polar surface area (TPSA) is 6.48 Å². The molecule has 0 aromatic heterocycles. The van der Waals surface area contributed by atoms with Crippen LogP contribution in [0.15, 0.2) is 48.5 Å². The Bertz CT molecular complexity index is 559. The highest BCUT2D eigenvalue weighted by molar-refractivity contribution is 5.48. The Kier molecular flexibility index (Phi) is 4.80. The fourth-order valence-electron chi connectivity index (χ4n) is 2.38. The van der Waals surface area contributed by atoms with E-state index in [1.54, 1.807) is 0 Å². The highest BCUT2D eigenvalue weighted by Gasteiger charge is 2.01. The molecule has 0 heterocycles. The molecule has 0 saturated carbocycles. The maximum atomic E-state index is 2.31. The van der Waals surface area contributed by atoms with Gasteiger partial charge in [0.25, 0.3) is 0 Å². The van der Waals surface area contributed by atoms with Crippen LogP contribution in [0.3, 0.4) is 0 Å². The minimum Gasteiger partial charge on any atom is -0.378 e. The van der Waals surface area contributed by atoms with E-state index in [4.69, 9.17) is 0 Å². The third kappa shape index (κ3) is 4.10. The largest absolute Gasteiger partial charge is 0.378 e. The molecule has 2 aromatic rings. The van der Waals surface area contributed by atoms with Crippen molar-refractivity contribution in [3.8, 4) is 0 Å². The van der Waals surface area contributed by atoms with E-state index < -0.39 is 0 Å². The third-order valence-corrected chi connectivity index (χ3v) is 3.33. The summed E-state index contributed by atoms with van der Waals surface area (Å²) >= 11 is 0. The van der Waals surface area contributed by atoms with Crippen LogP contribution in [0.4, 0.5) is 5.69 Å². The summed E-state index contributed by atoms with van der Waals surface area (Å²) in [5.41, 5.74) is 5.36. The first-order valence-corrected chi connectivity index (χ1v) is 7.03. The van der Waals surface area contributed by atoms with Gasteiger partial charge in [-0.3, -0.25) is 0 Å². The van der Waals surface area contributed by atoms with Crippen molar-refractivity contribution < 1.29 is 0 Å². The van der Waals surface area contributed by atoms with Crippen LogP contribution in [-0.2, 0) is 13.0 Å². The van der Waals surface area contributed by atoms with Crippen molar-refractivity contribution in [2.24, 2.45) is 0 Å². The van der Waals surface area contributed by atoms with Crippen molar-refractivity contribution in [3.63, 3.8) is 0 Å². The lowest BCUT2D eigenvalue weighted by Crippen LogP contribution is -2.10. The summed E-state index contributed by atoms with van der Waals surface area (Å²) in [6.07, 6.45) is 0.989. The molecule has 2 rings (SSSR count). The van der Waals surface area contributed by atoms with Gasteiger partial charge in [0.1, 0.15) is 0 Å². The molecule has 0 saturated heterocycles. The molecule has 0 aliphatic rings. The van der Waals surface area contributed by atoms with E-state index in [0.29, 0.717) is 0 Å². The Hall–Kier alpha value is -1.80. The number of benzene rings is 2. The van der Waals surface area contributed by atoms with Crippen LogP contribution < -0.4 is 4.90 Å². The molecule has 0 fully saturated rings. The standard InChI is InChI=1S/C18H24N2/c1-19(2)14-17-9-5-7-15(12-17)11-16-8-6-10-18(13-16)20(3)4/h5-10,12-13H,11,14H2,1-4H3. The molecule has 0 spiro atoms. The molecule has 0 atom stereocenters. The fourth-order valence-corrected chi connectivity index (χ4v) is 2.38. The van der Waals surface area contributed by atoms with Gasteiger partial charge in [0, 0.05) is 26.3 Å². The SMILES string of the molecule is CN(C)Cc1cccc(Cc2cccc(N(C)C)c2)c1. The van der Waals surface area contributed by atoms with Gasteiger partial charge in [-0.15, -0.1) is 0 Å². The molecular weight excluding hydrogens is 244 g/mol. The smallest absolute Gasteiger partial charge is 0.0363 e. The number of anilines is 1. The lowest BCUT2D eigenvalue weighted by molar-refractivity contribution is 0.402. The van der Waals surface area contributed by atoms with Gasteiger partial charge in [0.05, 0.1) is 0 Å². The average molecular weight is 268 g/mol. The van der Waals surface area contributed by atoms with E-state index in [1.807, 2.05) is 0 Å². The van der Waals surface area contributed by atoms with E-state index in [1.165, 1.54) is 22.4 Å². The molecular formula is C18H24N2. The van der Waals surface area contributed by atoms with Gasteiger partial charge in [-0.25, -0.2) is 0 Å². The first-order valence-electron chi connectivity index (χ1n) is 7.03. The Morgan fingerprint density at radius 3 is 2.00 bits per heavy atom. The lowest BCUT2D eigenvalue weighted by Gasteiger charge is -2.14. The van der Waals surface area contributed by atoms with E-state index in [2.05, 4.69) is 86.5 Å². The van der Waals surface area contributed by atoms with Gasteiger partial charge in [-0.05, 0) is 49.3 Å². The fraction of sp³-hybridized carbons (Fsp3) is 0.333. The van der Waals surface area contributed by atoms with Gasteiger partial charge in [-0.2, -0.15) is 0 Å². The summed E-state index contributed by atoms with van der Waals surface area (Å²) in [6, 6.07) is 17.6. The molecule has 20 heavy (non-hydrogen) atoms. The van der Waals surface area contributed by atoms with E-state index in [9.17, 15) is 0 Å². The van der Waals surface area contributed by atoms with Crippen LogP contribution in [0.25, 0.3) is 0 Å². The predicted octanol–water partition coefficient (Wildman–Crippen LogP) is 3.41. The lowest BCUT2D eigenvalue weighted by atomic mass is 10.0. The summed E-state index contributed by atoms with van der Waals surface area (Å²) in [5, 5.41) is 0. The van der Waals surface area contributed by atoms with Crippen molar-refractivity contribution >= 4 is 5.69 Å². The van der Waals surface area contributed by atoms with Crippen LogP contribution in [0, 0.1) is 0 Å². The maximum Gasteiger partial charge on any atom is 0.0363 e. The Labute approximate surface area is 122 Å². The minimum absolute atomic E-state index is 0.989. The summed E-state index contributed by atoms with van der Waals surface area (Å²) in [7, 11) is 8.37. The molecule has 106 valence electrons. The van der Waals surface area contributed by atoms with Gasteiger partial charge in [0.15, 0.2) is 0 Å². The minimum atomic E-state index is 0.989. The van der Waals surface area contributed by atoms with Crippen LogP contribution in [0.5, 0.6) is 0 Å².